The minimum atomic E-state index is -1.74. The Morgan fingerprint density at radius 3 is 1.12 bits per heavy atom. The molecular formula is C34H64O32. The van der Waals surface area contributed by atoms with Crippen LogP contribution in [0.5, 0.6) is 0 Å². The van der Waals surface area contributed by atoms with Crippen molar-refractivity contribution in [2.45, 2.75) is 166 Å². The number of hydrogen-bond donors (Lipinski definition) is 24. The van der Waals surface area contributed by atoms with Crippen LogP contribution in [0.25, 0.3) is 0 Å². The smallest absolute Gasteiger partial charge is 0.187 e. The number of carbonyl (C=O) groups excluding carboxylic acids is 1. The van der Waals surface area contributed by atoms with E-state index < -0.39 is 199 Å². The Balaban J connectivity index is 0.000000325. The molecule has 32 heteroatoms. The van der Waals surface area contributed by atoms with Gasteiger partial charge in [-0.15, -0.1) is 0 Å². The van der Waals surface area contributed by atoms with Crippen molar-refractivity contribution in [3.8, 4) is 0 Å². The summed E-state index contributed by atoms with van der Waals surface area (Å²) in [5, 5.41) is 222. The summed E-state index contributed by atoms with van der Waals surface area (Å²) in [7, 11) is 0. The molecule has 5 saturated heterocycles. The Morgan fingerprint density at radius 2 is 0.803 bits per heavy atom. The standard InChI is InChI=1S/2C12H22O11.2C5H10O5/c2*13-1-3-5(15)6(16)9(19)12(22-3)23-10-4(2-14)21-11(20)8(18)7(10)17;6-2-1-10-5(9)4(8)3(2)7;6-1-3(8)5(10)4(9)2-7/h2*3-20H,1-2H2;2-9H,1H2;1,3-5,7-10H,2H2/t3-,4-,5+,6+,7-,8-,9-,10-,11-,12+;3-,4-,5-,6+,7-,8-,9-,10-,11-,12-;2-,3+,4-,5?;3-,4-,5+/m1110/s1. The third kappa shape index (κ3) is 15.5. The van der Waals surface area contributed by atoms with Crippen molar-refractivity contribution in [1.82, 2.24) is 0 Å². The van der Waals surface area contributed by atoms with E-state index in [1.54, 1.807) is 0 Å². The number of aliphatic hydroxyl groups excluding tert-OH is 24. The second-order valence-corrected chi connectivity index (χ2v) is 15.2. The minimum Gasteiger partial charge on any atom is -0.394 e. The van der Waals surface area contributed by atoms with Crippen LogP contribution in [0, 0.1) is 0 Å². The molecule has 5 rings (SSSR count). The first-order valence-electron chi connectivity index (χ1n) is 19.9. The van der Waals surface area contributed by atoms with Crippen LogP contribution in [-0.2, 0) is 38.0 Å². The van der Waals surface area contributed by atoms with Crippen molar-refractivity contribution in [3.63, 3.8) is 0 Å². The Bertz CT molecular complexity index is 1250. The van der Waals surface area contributed by atoms with Gasteiger partial charge >= 0.3 is 0 Å². The molecule has 0 spiro atoms. The highest BCUT2D eigenvalue weighted by Crippen LogP contribution is 2.30. The Labute approximate surface area is 372 Å². The van der Waals surface area contributed by atoms with E-state index >= 15 is 0 Å². The lowest BCUT2D eigenvalue weighted by Crippen LogP contribution is -2.64. The van der Waals surface area contributed by atoms with Gasteiger partial charge in [0.15, 0.2) is 37.7 Å². The predicted molar refractivity (Wildman–Crippen MR) is 198 cm³/mol. The van der Waals surface area contributed by atoms with E-state index in [4.69, 9.17) is 79.5 Å². The molecule has 66 heavy (non-hydrogen) atoms. The summed E-state index contributed by atoms with van der Waals surface area (Å²) in [4.78, 5) is 9.76. The van der Waals surface area contributed by atoms with Gasteiger partial charge in [-0.3, -0.25) is 0 Å². The Hall–Kier alpha value is -1.57. The SMILES string of the molecule is O=C[C@H](O)[C@@H](O)[C@@H](O)CO.OC1OC[C@@H](O)[C@H](O)[C@H]1O.OC[C@H]1O[C@@H](O[C@H]2[C@H](O)[C@@H](O)[C@H](O)O[C@@H]2CO)[C@H](O)[C@@H](O)[C@H]1O.OC[C@H]1O[C@H](O[C@H]2[C@H](O)[C@@H](O)[C@H](O)O[C@@H]2CO)[C@H](O)[C@@H](O)[C@@H]1O. The van der Waals surface area contributed by atoms with Crippen molar-refractivity contribution < 1.29 is 161 Å². The highest BCUT2D eigenvalue weighted by molar-refractivity contribution is 5.56. The monoisotopic (exact) mass is 984 g/mol. The summed E-state index contributed by atoms with van der Waals surface area (Å²) in [6.45, 7) is -3.53. The van der Waals surface area contributed by atoms with Gasteiger partial charge in [0.2, 0.25) is 0 Å². The molecule has 0 amide bonds. The summed E-state index contributed by atoms with van der Waals surface area (Å²) in [6, 6.07) is 0. The molecule has 1 unspecified atom stereocenters. The van der Waals surface area contributed by atoms with Gasteiger partial charge in [0.25, 0.3) is 0 Å². The van der Waals surface area contributed by atoms with Crippen LogP contribution in [0.15, 0.2) is 0 Å². The van der Waals surface area contributed by atoms with Crippen molar-refractivity contribution in [2.75, 3.05) is 39.6 Å². The van der Waals surface area contributed by atoms with Gasteiger partial charge in [-0.05, 0) is 0 Å². The fourth-order valence-corrected chi connectivity index (χ4v) is 6.35. The van der Waals surface area contributed by atoms with E-state index in [1.807, 2.05) is 0 Å². The second kappa shape index (κ2) is 28.3. The number of ether oxygens (including phenoxy) is 7. The summed E-state index contributed by atoms with van der Waals surface area (Å²) in [5.41, 5.74) is 0. The first-order chi connectivity index (χ1) is 30.9. The number of aliphatic hydroxyl groups is 24. The molecule has 0 aliphatic carbocycles. The summed E-state index contributed by atoms with van der Waals surface area (Å²) in [6.07, 6.45) is -41.0. The summed E-state index contributed by atoms with van der Waals surface area (Å²) in [5.74, 6) is 0. The lowest BCUT2D eigenvalue weighted by Gasteiger charge is -2.45. The van der Waals surface area contributed by atoms with Crippen LogP contribution in [0.2, 0.25) is 0 Å². The van der Waals surface area contributed by atoms with Gasteiger partial charge in [0.05, 0.1) is 39.6 Å². The van der Waals surface area contributed by atoms with Crippen molar-refractivity contribution in [3.05, 3.63) is 0 Å². The third-order valence-electron chi connectivity index (χ3n) is 10.5. The lowest BCUT2D eigenvalue weighted by molar-refractivity contribution is -0.355. The molecular weight excluding hydrogens is 920 g/mol. The molecule has 0 bridgehead atoms. The van der Waals surface area contributed by atoms with E-state index in [2.05, 4.69) is 4.74 Å². The summed E-state index contributed by atoms with van der Waals surface area (Å²) < 4.78 is 35.0. The van der Waals surface area contributed by atoms with Crippen LogP contribution in [0.4, 0.5) is 0 Å². The molecule has 24 N–H and O–H groups in total. The zero-order valence-corrected chi connectivity index (χ0v) is 34.4. The van der Waals surface area contributed by atoms with E-state index in [0.29, 0.717) is 0 Å². The van der Waals surface area contributed by atoms with Gasteiger partial charge in [0.1, 0.15) is 134 Å². The lowest BCUT2D eigenvalue weighted by atomic mass is 9.97. The molecule has 0 radical (unpaired) electrons. The van der Waals surface area contributed by atoms with Gasteiger partial charge in [-0.1, -0.05) is 0 Å². The highest BCUT2D eigenvalue weighted by Gasteiger charge is 2.52. The molecule has 5 heterocycles. The molecule has 0 aromatic rings. The van der Waals surface area contributed by atoms with Crippen LogP contribution in [0.3, 0.4) is 0 Å². The van der Waals surface area contributed by atoms with E-state index in [-0.39, 0.29) is 12.9 Å². The molecule has 5 aliphatic rings. The van der Waals surface area contributed by atoms with Crippen LogP contribution >= 0.6 is 0 Å². The van der Waals surface area contributed by atoms with E-state index in [0.717, 1.165) is 0 Å². The van der Waals surface area contributed by atoms with Crippen LogP contribution in [-0.4, -0.2) is 334 Å². The first kappa shape index (κ1) is 60.6. The number of aldehydes is 1. The van der Waals surface area contributed by atoms with Crippen molar-refractivity contribution in [1.29, 1.82) is 0 Å². The minimum absolute atomic E-state index is 0.0869. The van der Waals surface area contributed by atoms with E-state index in [9.17, 15) is 76.3 Å². The average Bonchev–Trinajstić information content (AvgIpc) is 3.31. The molecule has 27 atom stereocenters. The molecule has 0 aromatic carbocycles. The molecule has 0 saturated carbocycles. The van der Waals surface area contributed by atoms with Crippen LogP contribution < -0.4 is 0 Å². The van der Waals surface area contributed by atoms with Crippen molar-refractivity contribution >= 4 is 6.29 Å². The number of hydrogen-bond acceptors (Lipinski definition) is 32. The maximum Gasteiger partial charge on any atom is 0.187 e. The third-order valence-corrected chi connectivity index (χ3v) is 10.5. The van der Waals surface area contributed by atoms with E-state index in [1.165, 1.54) is 0 Å². The summed E-state index contributed by atoms with van der Waals surface area (Å²) >= 11 is 0. The largest absolute Gasteiger partial charge is 0.394 e. The highest BCUT2D eigenvalue weighted by atomic mass is 16.7. The molecule has 392 valence electrons. The molecule has 32 nitrogen and oxygen atoms in total. The topological polar surface area (TPSA) is 567 Å². The fourth-order valence-electron chi connectivity index (χ4n) is 6.35. The fraction of sp³-hybridized carbons (Fsp3) is 0.971. The number of rotatable bonds is 12. The quantitative estimate of drug-likeness (QED) is 0.0807. The van der Waals surface area contributed by atoms with Gasteiger partial charge in [-0.25, -0.2) is 0 Å². The van der Waals surface area contributed by atoms with Crippen LogP contribution in [0.1, 0.15) is 0 Å². The number of carbonyl (C=O) groups is 1. The normalized spacial score (nSPS) is 46.4. The molecule has 0 aromatic heterocycles. The molecule has 5 fully saturated rings. The molecule has 5 aliphatic heterocycles. The van der Waals surface area contributed by atoms with Gasteiger partial charge in [-0.2, -0.15) is 0 Å². The zero-order chi connectivity index (χ0) is 50.5. The maximum atomic E-state index is 9.94. The first-order valence-corrected chi connectivity index (χ1v) is 19.9. The second-order valence-electron chi connectivity index (χ2n) is 15.2. The zero-order valence-electron chi connectivity index (χ0n) is 34.4. The Morgan fingerprint density at radius 1 is 0.439 bits per heavy atom. The van der Waals surface area contributed by atoms with Crippen molar-refractivity contribution in [2.24, 2.45) is 0 Å². The average molecular weight is 985 g/mol. The Kier molecular flexibility index (Phi) is 26.0. The van der Waals surface area contributed by atoms with Gasteiger partial charge in [0, 0.05) is 0 Å². The predicted octanol–water partition coefficient (Wildman–Crippen LogP) is -16.1. The maximum absolute atomic E-state index is 9.94. The van der Waals surface area contributed by atoms with Gasteiger partial charge < -0.3 is 161 Å².